The molecule has 2 aromatic carbocycles. The van der Waals surface area contributed by atoms with Gasteiger partial charge in [-0.05, 0) is 69.0 Å². The second-order valence-corrected chi connectivity index (χ2v) is 10.00. The number of hydrogen-bond donors (Lipinski definition) is 1. The van der Waals surface area contributed by atoms with E-state index in [4.69, 9.17) is 4.52 Å². The van der Waals surface area contributed by atoms with Crippen LogP contribution in [0.4, 0.5) is 10.2 Å². The van der Waals surface area contributed by atoms with Crippen molar-refractivity contribution in [2.45, 2.75) is 43.5 Å². The number of halogens is 1. The fourth-order valence-corrected chi connectivity index (χ4v) is 5.19. The number of amides is 1. The number of sulfonamides is 1. The predicted octanol–water partition coefficient (Wildman–Crippen LogP) is 4.16. The first-order chi connectivity index (χ1) is 15.2. The van der Waals surface area contributed by atoms with Gasteiger partial charge < -0.3 is 9.42 Å². The van der Waals surface area contributed by atoms with Crippen LogP contribution in [0.3, 0.4) is 0 Å². The zero-order valence-electron chi connectivity index (χ0n) is 17.8. The molecule has 1 atom stereocenters. The minimum atomic E-state index is -3.94. The van der Waals surface area contributed by atoms with E-state index in [1.807, 2.05) is 6.92 Å². The molecule has 7 nitrogen and oxygen atoms in total. The van der Waals surface area contributed by atoms with E-state index in [1.165, 1.54) is 30.3 Å². The number of carbonyl (C=O) groups is 1. The predicted molar refractivity (Wildman–Crippen MR) is 117 cm³/mol. The summed E-state index contributed by atoms with van der Waals surface area (Å²) in [7, 11) is -3.94. The fraction of sp³-hybridized carbons (Fsp3) is 0.304. The van der Waals surface area contributed by atoms with Crippen LogP contribution in [-0.2, 0) is 16.4 Å². The third-order valence-corrected chi connectivity index (χ3v) is 7.10. The topological polar surface area (TPSA) is 92.5 Å². The number of likely N-dealkylation sites (tertiary alicyclic amines) is 1. The largest absolute Gasteiger partial charge is 0.360 e. The molecular weight excluding hydrogens is 433 g/mol. The van der Waals surface area contributed by atoms with Gasteiger partial charge in [0.25, 0.3) is 15.9 Å². The Balaban J connectivity index is 1.56. The van der Waals surface area contributed by atoms with E-state index in [9.17, 15) is 17.6 Å². The second kappa shape index (κ2) is 8.38. The molecule has 4 rings (SSSR count). The van der Waals surface area contributed by atoms with Crippen LogP contribution >= 0.6 is 0 Å². The number of anilines is 1. The van der Waals surface area contributed by atoms with E-state index in [0.29, 0.717) is 18.7 Å². The average molecular weight is 458 g/mol. The lowest BCUT2D eigenvalue weighted by Crippen LogP contribution is -2.46. The van der Waals surface area contributed by atoms with Gasteiger partial charge in [0, 0.05) is 23.7 Å². The van der Waals surface area contributed by atoms with Crippen molar-refractivity contribution in [3.05, 3.63) is 77.3 Å². The molecule has 168 valence electrons. The van der Waals surface area contributed by atoms with E-state index in [0.717, 1.165) is 18.4 Å². The molecule has 1 aliphatic heterocycles. The third-order valence-electron chi connectivity index (χ3n) is 5.75. The maximum Gasteiger partial charge on any atom is 0.263 e. The summed E-state index contributed by atoms with van der Waals surface area (Å²) in [6, 6.07) is 13.7. The Morgan fingerprint density at radius 1 is 1.22 bits per heavy atom. The highest BCUT2D eigenvalue weighted by Crippen LogP contribution is 2.34. The van der Waals surface area contributed by atoms with Gasteiger partial charge in [-0.2, -0.15) is 0 Å². The second-order valence-electron chi connectivity index (χ2n) is 8.32. The van der Waals surface area contributed by atoms with Crippen LogP contribution in [0.25, 0.3) is 0 Å². The molecule has 1 aromatic heterocycles. The maximum atomic E-state index is 13.4. The SMILES string of the molecule is Cc1cc(NS(=O)(=O)c2cccc(C(=O)N3CCCC3(C)Cc3ccc(F)cc3)c2)no1. The Kier molecular flexibility index (Phi) is 5.77. The van der Waals surface area contributed by atoms with E-state index in [2.05, 4.69) is 9.88 Å². The summed E-state index contributed by atoms with van der Waals surface area (Å²) < 4.78 is 46.0. The zero-order chi connectivity index (χ0) is 22.9. The Bertz CT molecular complexity index is 1240. The minimum absolute atomic E-state index is 0.0385. The van der Waals surface area contributed by atoms with Gasteiger partial charge >= 0.3 is 0 Å². The van der Waals surface area contributed by atoms with Crippen LogP contribution in [0, 0.1) is 12.7 Å². The number of aromatic nitrogens is 1. The zero-order valence-corrected chi connectivity index (χ0v) is 18.7. The number of carbonyl (C=O) groups excluding carboxylic acids is 1. The maximum absolute atomic E-state index is 13.4. The standard InChI is InChI=1S/C23H24FN3O4S/c1-16-13-21(25-31-16)26-32(29,30)20-6-3-5-18(14-20)22(28)27-12-4-11-23(27,2)15-17-7-9-19(24)10-8-17/h3,5-10,13-14H,4,11-12,15H2,1-2H3,(H,25,26). The fourth-order valence-electron chi connectivity index (χ4n) is 4.16. The molecule has 0 bridgehead atoms. The number of nitrogens with zero attached hydrogens (tertiary/aromatic N) is 2. The molecule has 1 saturated heterocycles. The van der Waals surface area contributed by atoms with Crippen molar-refractivity contribution in [1.82, 2.24) is 10.1 Å². The van der Waals surface area contributed by atoms with E-state index < -0.39 is 15.6 Å². The Morgan fingerprint density at radius 2 is 1.97 bits per heavy atom. The molecule has 1 amide bonds. The van der Waals surface area contributed by atoms with E-state index >= 15 is 0 Å². The van der Waals surface area contributed by atoms with Crippen molar-refractivity contribution < 1.29 is 22.1 Å². The van der Waals surface area contributed by atoms with Crippen LogP contribution in [-0.4, -0.2) is 36.5 Å². The summed E-state index contributed by atoms with van der Waals surface area (Å²) in [6.07, 6.45) is 2.24. The quantitative estimate of drug-likeness (QED) is 0.600. The summed E-state index contributed by atoms with van der Waals surface area (Å²) in [5.41, 5.74) is 0.786. The lowest BCUT2D eigenvalue weighted by atomic mass is 9.89. The summed E-state index contributed by atoms with van der Waals surface area (Å²) in [5, 5.41) is 3.65. The molecule has 9 heteroatoms. The first kappa shape index (κ1) is 22.0. The number of aryl methyl sites for hydroxylation is 1. The molecule has 2 heterocycles. The van der Waals surface area contributed by atoms with E-state index in [-0.39, 0.29) is 28.0 Å². The summed E-state index contributed by atoms with van der Waals surface area (Å²) in [5.74, 6) is 0.0128. The average Bonchev–Trinajstić information content (AvgIpc) is 3.34. The Hall–Kier alpha value is -3.20. The molecule has 0 saturated carbocycles. The summed E-state index contributed by atoms with van der Waals surface area (Å²) in [6.45, 7) is 4.24. The lowest BCUT2D eigenvalue weighted by Gasteiger charge is -2.36. The monoisotopic (exact) mass is 457 g/mol. The molecule has 0 aliphatic carbocycles. The smallest absolute Gasteiger partial charge is 0.263 e. The number of benzene rings is 2. The number of hydrogen-bond acceptors (Lipinski definition) is 5. The Morgan fingerprint density at radius 3 is 2.66 bits per heavy atom. The molecule has 0 spiro atoms. The highest BCUT2D eigenvalue weighted by molar-refractivity contribution is 7.92. The van der Waals surface area contributed by atoms with Crippen molar-refractivity contribution in [2.75, 3.05) is 11.3 Å². The molecule has 1 unspecified atom stereocenters. The minimum Gasteiger partial charge on any atom is -0.360 e. The van der Waals surface area contributed by atoms with Gasteiger partial charge in [0.15, 0.2) is 5.82 Å². The first-order valence-electron chi connectivity index (χ1n) is 10.3. The van der Waals surface area contributed by atoms with Crippen molar-refractivity contribution in [2.24, 2.45) is 0 Å². The van der Waals surface area contributed by atoms with Crippen molar-refractivity contribution in [3.63, 3.8) is 0 Å². The molecule has 0 radical (unpaired) electrons. The van der Waals surface area contributed by atoms with Crippen molar-refractivity contribution in [1.29, 1.82) is 0 Å². The van der Waals surface area contributed by atoms with Gasteiger partial charge in [-0.3, -0.25) is 9.52 Å². The highest BCUT2D eigenvalue weighted by atomic mass is 32.2. The number of nitrogens with one attached hydrogen (secondary N) is 1. The molecule has 1 N–H and O–H groups in total. The van der Waals surface area contributed by atoms with Crippen LogP contribution in [0.2, 0.25) is 0 Å². The summed E-state index contributed by atoms with van der Waals surface area (Å²) >= 11 is 0. The lowest BCUT2D eigenvalue weighted by molar-refractivity contribution is 0.0624. The molecule has 1 aliphatic rings. The molecule has 1 fully saturated rings. The van der Waals surface area contributed by atoms with E-state index in [1.54, 1.807) is 36.1 Å². The van der Waals surface area contributed by atoms with Crippen molar-refractivity contribution >= 4 is 21.7 Å². The molecular formula is C23H24FN3O4S. The molecule has 32 heavy (non-hydrogen) atoms. The van der Waals surface area contributed by atoms with Gasteiger partial charge in [-0.1, -0.05) is 23.4 Å². The van der Waals surface area contributed by atoms with Gasteiger partial charge in [0.05, 0.1) is 4.90 Å². The first-order valence-corrected chi connectivity index (χ1v) is 11.8. The highest BCUT2D eigenvalue weighted by Gasteiger charge is 2.40. The van der Waals surface area contributed by atoms with Crippen LogP contribution in [0.5, 0.6) is 0 Å². The van der Waals surface area contributed by atoms with Gasteiger partial charge in [-0.15, -0.1) is 0 Å². The van der Waals surface area contributed by atoms with Crippen LogP contribution in [0.15, 0.2) is 64.0 Å². The normalized spacial score (nSPS) is 18.7. The van der Waals surface area contributed by atoms with Crippen LogP contribution < -0.4 is 4.72 Å². The summed E-state index contributed by atoms with van der Waals surface area (Å²) in [4.78, 5) is 15.1. The molecule has 3 aromatic rings. The van der Waals surface area contributed by atoms with Crippen LogP contribution in [0.1, 0.15) is 41.4 Å². The van der Waals surface area contributed by atoms with Crippen molar-refractivity contribution in [3.8, 4) is 0 Å². The third kappa shape index (κ3) is 4.52. The van der Waals surface area contributed by atoms with Gasteiger partial charge in [0.1, 0.15) is 11.6 Å². The Labute approximate surface area is 186 Å². The van der Waals surface area contributed by atoms with Gasteiger partial charge in [0.2, 0.25) is 0 Å². The number of rotatable bonds is 6. The van der Waals surface area contributed by atoms with Gasteiger partial charge in [-0.25, -0.2) is 12.8 Å².